The molecule has 0 saturated carbocycles. The van der Waals surface area contributed by atoms with Crippen molar-refractivity contribution in [2.45, 2.75) is 209 Å². The molecular weight excluding hydrogens is 771 g/mol. The third-order valence-corrected chi connectivity index (χ3v) is 15.9. The van der Waals surface area contributed by atoms with Gasteiger partial charge in [0, 0.05) is 69.7 Å². The second-order valence-electron chi connectivity index (χ2n) is 20.9. The number of piperidine rings is 1. The molecule has 2 bridgehead atoms. The van der Waals surface area contributed by atoms with Gasteiger partial charge in [0.1, 0.15) is 17.9 Å². The van der Waals surface area contributed by atoms with Crippen LogP contribution in [0.25, 0.3) is 0 Å². The van der Waals surface area contributed by atoms with Gasteiger partial charge in [0.05, 0.1) is 42.7 Å². The van der Waals surface area contributed by atoms with Gasteiger partial charge < -0.3 is 53.2 Å². The van der Waals surface area contributed by atoms with E-state index in [4.69, 9.17) is 43.0 Å². The van der Waals surface area contributed by atoms with Gasteiger partial charge in [-0.2, -0.15) is 0 Å². The zero-order valence-corrected chi connectivity index (χ0v) is 36.6. The molecular formula is C47H71NO12. The number of carbonyl (C=O) groups is 1. The molecule has 0 radical (unpaired) electrons. The molecule has 0 unspecified atom stereocenters. The Hall–Kier alpha value is -1.75. The molecule has 0 aromatic carbocycles. The summed E-state index contributed by atoms with van der Waals surface area (Å²) in [6, 6.07) is 0. The Kier molecular flexibility index (Phi) is 11.6. The van der Waals surface area contributed by atoms with Gasteiger partial charge in [0.15, 0.2) is 23.1 Å². The first kappa shape index (κ1) is 43.5. The average Bonchev–Trinajstić information content (AvgIpc) is 3.87. The van der Waals surface area contributed by atoms with Crippen molar-refractivity contribution in [1.29, 1.82) is 0 Å². The van der Waals surface area contributed by atoms with Crippen LogP contribution in [0.4, 0.5) is 0 Å². The van der Waals surface area contributed by atoms with E-state index < -0.39 is 53.2 Å². The summed E-state index contributed by atoms with van der Waals surface area (Å²) in [4.78, 5) is 11.0. The Morgan fingerprint density at radius 2 is 1.67 bits per heavy atom. The van der Waals surface area contributed by atoms with Crippen LogP contribution in [0.2, 0.25) is 0 Å². The lowest BCUT2D eigenvalue weighted by atomic mass is 9.76. The van der Waals surface area contributed by atoms with E-state index in [-0.39, 0.29) is 60.8 Å². The van der Waals surface area contributed by atoms with Crippen molar-refractivity contribution >= 4 is 5.97 Å². The highest BCUT2D eigenvalue weighted by Crippen LogP contribution is 2.56. The van der Waals surface area contributed by atoms with Crippen molar-refractivity contribution in [2.75, 3.05) is 6.54 Å². The monoisotopic (exact) mass is 841 g/mol. The summed E-state index contributed by atoms with van der Waals surface area (Å²) in [5.41, 5.74) is 0.391. The van der Waals surface area contributed by atoms with Crippen LogP contribution in [0.5, 0.6) is 0 Å². The van der Waals surface area contributed by atoms with Crippen LogP contribution >= 0.6 is 0 Å². The first-order valence-electron chi connectivity index (χ1n) is 23.2. The SMILES string of the molecule is C=C(C[C@@]12C[C@@H](C)C[C@H](O1)[C@H]1O[C@]3(C[C@H]1O2)NC[C@H](C)C[C@@H]3C)[C@H]1O[C@@](O)([C@@H](O)[C@@H]2C[C@H]3O[C@@]4(CC[C@]5(CC=C[C@@H](/C=C/CCC(=O)O)O5)O4)[C@H](C)C[C@H]3O2)[C@H](C)C[C@@H]1C. The van der Waals surface area contributed by atoms with E-state index in [1.165, 1.54) is 0 Å². The third kappa shape index (κ3) is 7.81. The van der Waals surface area contributed by atoms with E-state index in [1.807, 2.05) is 25.2 Å². The number of rotatable bonds is 9. The van der Waals surface area contributed by atoms with E-state index in [1.54, 1.807) is 0 Å². The minimum Gasteiger partial charge on any atom is -0.481 e. The van der Waals surface area contributed by atoms with E-state index >= 15 is 0 Å². The Balaban J connectivity index is 0.845. The standard InChI is InChI=1S/C47H71NO12/c1-26-18-36-41-38(24-45(58-41)30(5)17-27(2)25-48-45)56-44(22-26,55-36)23-29(4)40-28(3)19-32(7)47(52,59-40)42(51)37-21-35-34(53-37)20-31(6)46(57-35)16-15-43(60-46)14-10-12-33(54-43)11-8-9-13-39(49)50/h8,10-12,26-28,30-38,40-42,48,51-52H,4,9,13-25H2,1-3,5-7H3,(H,49,50)/b11-8+/t26-,27+,28-,30-,31+,32+,33+,34+,35+,36-,37-,38+,40-,41+,42-,43-,44-,45-,46+,47+/m0/s1. The van der Waals surface area contributed by atoms with E-state index in [0.29, 0.717) is 69.1 Å². The first-order valence-corrected chi connectivity index (χ1v) is 23.2. The van der Waals surface area contributed by atoms with Crippen molar-refractivity contribution in [1.82, 2.24) is 5.32 Å². The summed E-state index contributed by atoms with van der Waals surface area (Å²) in [5.74, 6) is -4.29. The number of allylic oxidation sites excluding steroid dienone is 1. The number of hydrogen-bond donors (Lipinski definition) is 4. The number of carboxylic acids is 1. The second kappa shape index (κ2) is 16.0. The fourth-order valence-corrected chi connectivity index (χ4v) is 12.9. The summed E-state index contributed by atoms with van der Waals surface area (Å²) in [7, 11) is 0. The maximum atomic E-state index is 12.4. The second-order valence-corrected chi connectivity index (χ2v) is 20.9. The predicted molar refractivity (Wildman–Crippen MR) is 219 cm³/mol. The van der Waals surface area contributed by atoms with Gasteiger partial charge in [-0.3, -0.25) is 10.1 Å². The molecule has 60 heavy (non-hydrogen) atoms. The fraction of sp³-hybridized carbons (Fsp3) is 0.851. The van der Waals surface area contributed by atoms with E-state index in [2.05, 4.69) is 52.6 Å². The average molecular weight is 842 g/mol. The summed E-state index contributed by atoms with van der Waals surface area (Å²) >= 11 is 0. The van der Waals surface area contributed by atoms with Gasteiger partial charge >= 0.3 is 5.97 Å². The summed E-state index contributed by atoms with van der Waals surface area (Å²) in [6.45, 7) is 18.5. The van der Waals surface area contributed by atoms with Crippen LogP contribution in [0, 0.1) is 35.5 Å². The highest BCUT2D eigenvalue weighted by Gasteiger charge is 2.64. The molecule has 9 aliphatic heterocycles. The van der Waals surface area contributed by atoms with Crippen molar-refractivity contribution in [3.8, 4) is 0 Å². The lowest BCUT2D eigenvalue weighted by molar-refractivity contribution is -0.367. The van der Waals surface area contributed by atoms with Crippen LogP contribution in [-0.2, 0) is 42.7 Å². The number of aliphatic hydroxyl groups is 2. The number of nitrogens with one attached hydrogen (secondary N) is 1. The van der Waals surface area contributed by atoms with Crippen molar-refractivity contribution in [3.05, 3.63) is 36.5 Å². The summed E-state index contributed by atoms with van der Waals surface area (Å²) < 4.78 is 54.2. The van der Waals surface area contributed by atoms with Crippen LogP contribution in [0.1, 0.15) is 125 Å². The number of aliphatic hydroxyl groups excluding tert-OH is 1. The molecule has 9 heterocycles. The number of aliphatic carboxylic acids is 1. The maximum Gasteiger partial charge on any atom is 0.303 e. The van der Waals surface area contributed by atoms with Gasteiger partial charge in [-0.05, 0) is 61.3 Å². The van der Waals surface area contributed by atoms with Crippen LogP contribution in [-0.4, -0.2) is 112 Å². The smallest absolute Gasteiger partial charge is 0.303 e. The summed E-state index contributed by atoms with van der Waals surface area (Å²) in [6.07, 6.45) is 12.1. The highest BCUT2D eigenvalue weighted by molar-refractivity contribution is 5.66. The molecule has 336 valence electrons. The molecule has 8 saturated heterocycles. The number of fused-ring (bicyclic) bond motifs is 5. The maximum absolute atomic E-state index is 12.4. The number of ether oxygens (including phenoxy) is 8. The molecule has 4 N–H and O–H groups in total. The van der Waals surface area contributed by atoms with Crippen LogP contribution in [0.3, 0.4) is 0 Å². The van der Waals surface area contributed by atoms with Gasteiger partial charge in [-0.25, -0.2) is 0 Å². The molecule has 3 spiro atoms. The zero-order valence-electron chi connectivity index (χ0n) is 36.6. The Labute approximate surface area is 355 Å². The molecule has 20 atom stereocenters. The third-order valence-electron chi connectivity index (χ3n) is 15.9. The molecule has 13 heteroatoms. The molecule has 0 aromatic rings. The molecule has 9 aliphatic rings. The summed E-state index contributed by atoms with van der Waals surface area (Å²) in [5, 5.41) is 37.3. The zero-order chi connectivity index (χ0) is 42.4. The molecule has 0 aromatic heterocycles. The van der Waals surface area contributed by atoms with E-state index in [9.17, 15) is 15.0 Å². The highest BCUT2D eigenvalue weighted by atomic mass is 16.8. The Morgan fingerprint density at radius 3 is 2.45 bits per heavy atom. The lowest BCUT2D eigenvalue weighted by Gasteiger charge is -2.53. The van der Waals surface area contributed by atoms with Crippen molar-refractivity contribution in [2.24, 2.45) is 35.5 Å². The van der Waals surface area contributed by atoms with Gasteiger partial charge in [0.25, 0.3) is 0 Å². The predicted octanol–water partition coefficient (Wildman–Crippen LogP) is 6.26. The van der Waals surface area contributed by atoms with Gasteiger partial charge in [-0.15, -0.1) is 0 Å². The minimum atomic E-state index is -1.88. The normalized spacial score (nSPS) is 52.9. The fourth-order valence-electron chi connectivity index (χ4n) is 12.9. The Bertz CT molecular complexity index is 1690. The Morgan fingerprint density at radius 1 is 0.867 bits per heavy atom. The lowest BCUT2D eigenvalue weighted by Crippen LogP contribution is -2.62. The first-order chi connectivity index (χ1) is 28.4. The quantitative estimate of drug-likeness (QED) is 0.193. The molecule has 8 fully saturated rings. The number of hydrogen-bond acceptors (Lipinski definition) is 12. The van der Waals surface area contributed by atoms with Crippen LogP contribution in [0.15, 0.2) is 36.5 Å². The topological polar surface area (TPSA) is 164 Å². The molecule has 0 aliphatic carbocycles. The van der Waals surface area contributed by atoms with E-state index in [0.717, 1.165) is 37.8 Å². The molecule has 13 nitrogen and oxygen atoms in total. The number of carboxylic acid groups (broad SMARTS) is 1. The minimum absolute atomic E-state index is 0.0112. The largest absolute Gasteiger partial charge is 0.481 e. The molecule has 9 rings (SSSR count). The van der Waals surface area contributed by atoms with Gasteiger partial charge in [-0.1, -0.05) is 72.4 Å². The van der Waals surface area contributed by atoms with Crippen molar-refractivity contribution in [3.63, 3.8) is 0 Å². The molecule has 0 amide bonds. The van der Waals surface area contributed by atoms with Crippen LogP contribution < -0.4 is 5.32 Å². The van der Waals surface area contributed by atoms with Crippen molar-refractivity contribution < 1.29 is 58.0 Å². The van der Waals surface area contributed by atoms with Gasteiger partial charge in [0.2, 0.25) is 0 Å².